The van der Waals surface area contributed by atoms with Gasteiger partial charge in [0.25, 0.3) is 0 Å². The van der Waals surface area contributed by atoms with Gasteiger partial charge in [-0.25, -0.2) is 0 Å². The van der Waals surface area contributed by atoms with E-state index < -0.39 is 0 Å². The average molecular weight is 289 g/mol. The number of rotatable bonds is 4. The molecule has 1 heterocycles. The highest BCUT2D eigenvalue weighted by Gasteiger charge is 2.24. The number of para-hydroxylation sites is 1. The maximum atomic E-state index is 12.4. The first-order chi connectivity index (χ1) is 9.84. The second kappa shape index (κ2) is 6.66. The molecule has 1 amide bonds. The minimum absolute atomic E-state index is 0.304. The lowest BCUT2D eigenvalue weighted by atomic mass is 10.0. The summed E-state index contributed by atoms with van der Waals surface area (Å²) in [5, 5.41) is 0.808. The van der Waals surface area contributed by atoms with Gasteiger partial charge in [-0.05, 0) is 30.9 Å². The molecule has 0 spiro atoms. The van der Waals surface area contributed by atoms with Crippen molar-refractivity contribution in [2.24, 2.45) is 0 Å². The molecule has 0 saturated heterocycles. The zero-order valence-corrected chi connectivity index (χ0v) is 12.8. The van der Waals surface area contributed by atoms with Gasteiger partial charge in [-0.1, -0.05) is 37.5 Å². The first kappa shape index (κ1) is 14.0. The fourth-order valence-corrected chi connectivity index (χ4v) is 4.57. The van der Waals surface area contributed by atoms with Crippen LogP contribution >= 0.6 is 11.8 Å². The number of benzene rings is 1. The molecule has 1 aromatic rings. The Morgan fingerprint density at radius 1 is 1.20 bits per heavy atom. The van der Waals surface area contributed by atoms with E-state index in [0.29, 0.717) is 12.3 Å². The van der Waals surface area contributed by atoms with Crippen molar-refractivity contribution in [3.8, 4) is 0 Å². The van der Waals surface area contributed by atoms with Gasteiger partial charge in [-0.15, -0.1) is 0 Å². The molecule has 20 heavy (non-hydrogen) atoms. The average Bonchev–Trinajstić information content (AvgIpc) is 2.92. The van der Waals surface area contributed by atoms with Gasteiger partial charge >= 0.3 is 0 Å². The minimum atomic E-state index is 0.304. The van der Waals surface area contributed by atoms with Gasteiger partial charge in [0.05, 0.1) is 0 Å². The lowest BCUT2D eigenvalue weighted by molar-refractivity contribution is -0.118. The summed E-state index contributed by atoms with van der Waals surface area (Å²) >= 11 is 2.02. The molecule has 1 aromatic carbocycles. The number of carbonyl (C=O) groups is 1. The number of hydrogen-bond donors (Lipinski definition) is 0. The van der Waals surface area contributed by atoms with Crippen LogP contribution < -0.4 is 4.90 Å². The highest BCUT2D eigenvalue weighted by molar-refractivity contribution is 7.99. The number of fused-ring (bicyclic) bond motifs is 1. The standard InChI is InChI=1S/C17H23NOS/c19-17(11-13-20-15-7-2-1-3-8-15)18-12-10-14-6-4-5-9-16(14)18/h4-6,9,15H,1-3,7-8,10-13H2. The summed E-state index contributed by atoms with van der Waals surface area (Å²) in [5.74, 6) is 1.29. The van der Waals surface area contributed by atoms with E-state index in [1.807, 2.05) is 22.7 Å². The number of anilines is 1. The summed E-state index contributed by atoms with van der Waals surface area (Å²) in [5.41, 5.74) is 2.46. The van der Waals surface area contributed by atoms with Crippen LogP contribution in [0.15, 0.2) is 24.3 Å². The van der Waals surface area contributed by atoms with Crippen LogP contribution in [0.1, 0.15) is 44.1 Å². The summed E-state index contributed by atoms with van der Waals surface area (Å²) in [6, 6.07) is 8.31. The molecular weight excluding hydrogens is 266 g/mol. The largest absolute Gasteiger partial charge is 0.312 e. The van der Waals surface area contributed by atoms with Crippen molar-refractivity contribution in [3.63, 3.8) is 0 Å². The summed E-state index contributed by atoms with van der Waals surface area (Å²) in [4.78, 5) is 14.3. The third kappa shape index (κ3) is 3.20. The lowest BCUT2D eigenvalue weighted by Crippen LogP contribution is -2.29. The molecule has 108 valence electrons. The molecule has 0 aromatic heterocycles. The molecule has 1 saturated carbocycles. The van der Waals surface area contributed by atoms with E-state index in [-0.39, 0.29) is 0 Å². The summed E-state index contributed by atoms with van der Waals surface area (Å²) in [6.07, 6.45) is 8.57. The van der Waals surface area contributed by atoms with Gasteiger partial charge in [0.15, 0.2) is 0 Å². The molecule has 3 rings (SSSR count). The maximum absolute atomic E-state index is 12.4. The fraction of sp³-hybridized carbons (Fsp3) is 0.588. The number of nitrogens with zero attached hydrogens (tertiary/aromatic N) is 1. The molecule has 0 bridgehead atoms. The van der Waals surface area contributed by atoms with Crippen LogP contribution in [0.3, 0.4) is 0 Å². The zero-order valence-electron chi connectivity index (χ0n) is 12.0. The molecular formula is C17H23NOS. The second-order valence-electron chi connectivity index (χ2n) is 5.80. The Labute approximate surface area is 125 Å². The Bertz CT molecular complexity index is 468. The van der Waals surface area contributed by atoms with Crippen LogP contribution in [0.2, 0.25) is 0 Å². The number of hydrogen-bond acceptors (Lipinski definition) is 2. The van der Waals surface area contributed by atoms with Crippen LogP contribution in [0.4, 0.5) is 5.69 Å². The van der Waals surface area contributed by atoms with E-state index in [4.69, 9.17) is 0 Å². The van der Waals surface area contributed by atoms with Crippen molar-refractivity contribution in [1.82, 2.24) is 0 Å². The summed E-state index contributed by atoms with van der Waals surface area (Å²) < 4.78 is 0. The van der Waals surface area contributed by atoms with Gasteiger partial charge < -0.3 is 4.90 Å². The number of carbonyl (C=O) groups excluding carboxylic acids is 1. The normalized spacial score (nSPS) is 19.1. The quantitative estimate of drug-likeness (QED) is 0.834. The van der Waals surface area contributed by atoms with Crippen molar-refractivity contribution in [3.05, 3.63) is 29.8 Å². The van der Waals surface area contributed by atoms with Crippen molar-refractivity contribution >= 4 is 23.4 Å². The predicted octanol–water partition coefficient (Wildman–Crippen LogP) is 4.03. The molecule has 0 atom stereocenters. The monoisotopic (exact) mass is 289 g/mol. The minimum Gasteiger partial charge on any atom is -0.312 e. The van der Waals surface area contributed by atoms with E-state index >= 15 is 0 Å². The highest BCUT2D eigenvalue weighted by atomic mass is 32.2. The molecule has 0 unspecified atom stereocenters. The first-order valence-electron chi connectivity index (χ1n) is 7.84. The molecule has 1 fully saturated rings. The van der Waals surface area contributed by atoms with E-state index in [9.17, 15) is 4.79 Å². The highest BCUT2D eigenvalue weighted by Crippen LogP contribution is 2.30. The molecule has 1 aliphatic carbocycles. The van der Waals surface area contributed by atoms with Crippen LogP contribution in [0.25, 0.3) is 0 Å². The van der Waals surface area contributed by atoms with Crippen LogP contribution in [0, 0.1) is 0 Å². The lowest BCUT2D eigenvalue weighted by Gasteiger charge is -2.22. The van der Waals surface area contributed by atoms with E-state index in [0.717, 1.165) is 29.7 Å². The Morgan fingerprint density at radius 2 is 2.00 bits per heavy atom. The third-order valence-corrected chi connectivity index (χ3v) is 5.79. The van der Waals surface area contributed by atoms with Crippen molar-refractivity contribution in [2.45, 2.75) is 50.2 Å². The zero-order chi connectivity index (χ0) is 13.8. The van der Waals surface area contributed by atoms with Gasteiger partial charge in [-0.3, -0.25) is 4.79 Å². The second-order valence-corrected chi connectivity index (χ2v) is 7.21. The topological polar surface area (TPSA) is 20.3 Å². The van der Waals surface area contributed by atoms with Crippen molar-refractivity contribution < 1.29 is 4.79 Å². The first-order valence-corrected chi connectivity index (χ1v) is 8.89. The Morgan fingerprint density at radius 3 is 2.85 bits per heavy atom. The van der Waals surface area contributed by atoms with Gasteiger partial charge in [0, 0.05) is 29.7 Å². The molecule has 2 aliphatic rings. The predicted molar refractivity (Wildman–Crippen MR) is 86.4 cm³/mol. The Balaban J connectivity index is 1.48. The maximum Gasteiger partial charge on any atom is 0.227 e. The number of thioether (sulfide) groups is 1. The van der Waals surface area contributed by atoms with Gasteiger partial charge in [0.2, 0.25) is 5.91 Å². The van der Waals surface area contributed by atoms with Crippen molar-refractivity contribution in [1.29, 1.82) is 0 Å². The van der Waals surface area contributed by atoms with E-state index in [1.165, 1.54) is 37.7 Å². The molecule has 2 nitrogen and oxygen atoms in total. The molecule has 0 radical (unpaired) electrons. The molecule has 3 heteroatoms. The molecule has 0 N–H and O–H groups in total. The Hall–Kier alpha value is -0.960. The third-order valence-electron chi connectivity index (χ3n) is 4.41. The number of amides is 1. The van der Waals surface area contributed by atoms with Crippen molar-refractivity contribution in [2.75, 3.05) is 17.2 Å². The van der Waals surface area contributed by atoms with Gasteiger partial charge in [-0.2, -0.15) is 11.8 Å². The fourth-order valence-electron chi connectivity index (χ4n) is 3.28. The van der Waals surface area contributed by atoms with E-state index in [2.05, 4.69) is 18.2 Å². The van der Waals surface area contributed by atoms with Gasteiger partial charge in [0.1, 0.15) is 0 Å². The Kier molecular flexibility index (Phi) is 4.66. The van der Waals surface area contributed by atoms with Crippen LogP contribution in [-0.2, 0) is 11.2 Å². The van der Waals surface area contributed by atoms with Crippen LogP contribution in [0.5, 0.6) is 0 Å². The van der Waals surface area contributed by atoms with Crippen LogP contribution in [-0.4, -0.2) is 23.5 Å². The SMILES string of the molecule is O=C(CCSC1CCCCC1)N1CCc2ccccc21. The molecule has 1 aliphatic heterocycles. The summed E-state index contributed by atoms with van der Waals surface area (Å²) in [7, 11) is 0. The van der Waals surface area contributed by atoms with E-state index in [1.54, 1.807) is 0 Å². The summed E-state index contributed by atoms with van der Waals surface area (Å²) in [6.45, 7) is 0.867. The smallest absolute Gasteiger partial charge is 0.227 e.